The van der Waals surface area contributed by atoms with E-state index in [1.807, 2.05) is 48.5 Å². The van der Waals surface area contributed by atoms with E-state index >= 15 is 0 Å². The summed E-state index contributed by atoms with van der Waals surface area (Å²) >= 11 is 0. The standard InChI is InChI=1S/C36H42N2O2/c1-9-23-17-26(33(39)28(19-23)35(3,4)5)21-37-30-15-11-13-25-14-12-16-31(32(25)30)38-22-27-18-24(10-2)20-29(34(27)40)36(6,7)8/h11-22,39-40H,9-10H2,1-8H3. The fourth-order valence-electron chi connectivity index (χ4n) is 4.98. The second kappa shape index (κ2) is 11.3. The van der Waals surface area contributed by atoms with Gasteiger partial charge in [0.2, 0.25) is 0 Å². The van der Waals surface area contributed by atoms with Crippen LogP contribution in [0.15, 0.2) is 70.6 Å². The van der Waals surface area contributed by atoms with Crippen LogP contribution in [-0.2, 0) is 23.7 Å². The Morgan fingerprint density at radius 1 is 0.625 bits per heavy atom. The molecule has 40 heavy (non-hydrogen) atoms. The Labute approximate surface area is 239 Å². The molecule has 0 heterocycles. The van der Waals surface area contributed by atoms with Gasteiger partial charge in [0, 0.05) is 40.1 Å². The molecule has 0 saturated carbocycles. The SMILES string of the molecule is CCc1cc(C=Nc2cccc3cccc(N=Cc4cc(CC)cc(C(C)(C)C)c4O)c23)c(O)c(C(C)(C)C)c1. The fourth-order valence-corrected chi connectivity index (χ4v) is 4.98. The molecule has 0 unspecified atom stereocenters. The van der Waals surface area contributed by atoms with Crippen molar-refractivity contribution >= 4 is 34.6 Å². The molecule has 4 nitrogen and oxygen atoms in total. The van der Waals surface area contributed by atoms with Gasteiger partial charge < -0.3 is 10.2 Å². The number of phenolic OH excluding ortho intramolecular Hbond substituents is 2. The molecular formula is C36H42N2O2. The first-order valence-electron chi connectivity index (χ1n) is 14.2. The minimum Gasteiger partial charge on any atom is -0.507 e. The van der Waals surface area contributed by atoms with Crippen molar-refractivity contribution < 1.29 is 10.2 Å². The molecule has 0 saturated heterocycles. The summed E-state index contributed by atoms with van der Waals surface area (Å²) in [4.78, 5) is 9.73. The second-order valence-corrected chi connectivity index (χ2v) is 12.5. The Morgan fingerprint density at radius 2 is 1.02 bits per heavy atom. The summed E-state index contributed by atoms with van der Waals surface area (Å²) in [6.45, 7) is 16.9. The van der Waals surface area contributed by atoms with E-state index in [9.17, 15) is 10.2 Å². The van der Waals surface area contributed by atoms with Crippen molar-refractivity contribution in [3.05, 3.63) is 94.0 Å². The highest BCUT2D eigenvalue weighted by Gasteiger charge is 2.22. The van der Waals surface area contributed by atoms with Gasteiger partial charge in [-0.2, -0.15) is 0 Å². The van der Waals surface area contributed by atoms with Gasteiger partial charge in [0.15, 0.2) is 0 Å². The molecule has 0 fully saturated rings. The van der Waals surface area contributed by atoms with E-state index in [0.29, 0.717) is 11.1 Å². The van der Waals surface area contributed by atoms with Gasteiger partial charge in [0.25, 0.3) is 0 Å². The minimum atomic E-state index is -0.188. The smallest absolute Gasteiger partial charge is 0.128 e. The van der Waals surface area contributed by atoms with Gasteiger partial charge in [-0.25, -0.2) is 0 Å². The molecule has 0 spiro atoms. The number of hydrogen-bond acceptors (Lipinski definition) is 4. The third-order valence-electron chi connectivity index (χ3n) is 7.38. The Hall–Kier alpha value is -3.92. The molecule has 0 aromatic heterocycles. The molecule has 0 aliphatic carbocycles. The second-order valence-electron chi connectivity index (χ2n) is 12.5. The van der Waals surface area contributed by atoms with Crippen LogP contribution in [0.4, 0.5) is 11.4 Å². The van der Waals surface area contributed by atoms with Gasteiger partial charge in [-0.05, 0) is 64.5 Å². The number of nitrogens with zero attached hydrogens (tertiary/aromatic N) is 2. The maximum atomic E-state index is 11.1. The maximum Gasteiger partial charge on any atom is 0.128 e. The molecule has 0 bridgehead atoms. The minimum absolute atomic E-state index is 0.188. The quantitative estimate of drug-likeness (QED) is 0.242. The molecule has 0 radical (unpaired) electrons. The van der Waals surface area contributed by atoms with Crippen molar-refractivity contribution in [2.75, 3.05) is 0 Å². The van der Waals surface area contributed by atoms with Crippen LogP contribution >= 0.6 is 0 Å². The lowest BCUT2D eigenvalue weighted by Gasteiger charge is -2.22. The van der Waals surface area contributed by atoms with E-state index in [1.54, 1.807) is 12.4 Å². The van der Waals surface area contributed by atoms with Crippen LogP contribution in [0.25, 0.3) is 10.8 Å². The Bertz CT molecular complexity index is 1480. The highest BCUT2D eigenvalue weighted by atomic mass is 16.3. The number of aliphatic imine (C=N–C) groups is 2. The lowest BCUT2D eigenvalue weighted by molar-refractivity contribution is 0.445. The molecule has 4 rings (SSSR count). The summed E-state index contributed by atoms with van der Waals surface area (Å²) in [6.07, 6.45) is 5.26. The maximum absolute atomic E-state index is 11.1. The summed E-state index contributed by atoms with van der Waals surface area (Å²) in [5, 5.41) is 24.2. The van der Waals surface area contributed by atoms with Gasteiger partial charge in [-0.15, -0.1) is 0 Å². The molecule has 4 aromatic carbocycles. The molecule has 0 atom stereocenters. The Balaban J connectivity index is 1.82. The lowest BCUT2D eigenvalue weighted by Crippen LogP contribution is -2.12. The largest absolute Gasteiger partial charge is 0.507 e. The number of benzene rings is 4. The molecular weight excluding hydrogens is 492 g/mol. The molecule has 0 aliphatic rings. The summed E-state index contributed by atoms with van der Waals surface area (Å²) in [5.41, 5.74) is 6.74. The van der Waals surface area contributed by atoms with Crippen LogP contribution in [0, 0.1) is 0 Å². The zero-order valence-corrected chi connectivity index (χ0v) is 25.1. The van der Waals surface area contributed by atoms with Crippen LogP contribution in [0.2, 0.25) is 0 Å². The van der Waals surface area contributed by atoms with E-state index in [-0.39, 0.29) is 22.3 Å². The molecule has 4 heteroatoms. The first-order chi connectivity index (χ1) is 18.8. The Morgan fingerprint density at radius 3 is 1.38 bits per heavy atom. The summed E-state index contributed by atoms with van der Waals surface area (Å²) in [5.74, 6) is 0.542. The van der Waals surface area contributed by atoms with Crippen molar-refractivity contribution in [3.8, 4) is 11.5 Å². The first kappa shape index (κ1) is 29.1. The van der Waals surface area contributed by atoms with Crippen LogP contribution in [0.5, 0.6) is 11.5 Å². The van der Waals surface area contributed by atoms with E-state index in [4.69, 9.17) is 9.98 Å². The molecule has 4 aromatic rings. The normalized spacial score (nSPS) is 12.7. The lowest BCUT2D eigenvalue weighted by atomic mass is 9.84. The number of rotatable bonds is 6. The summed E-state index contributed by atoms with van der Waals surface area (Å²) in [6, 6.07) is 20.2. The van der Waals surface area contributed by atoms with Crippen molar-refractivity contribution in [3.63, 3.8) is 0 Å². The fraction of sp³-hybridized carbons (Fsp3) is 0.333. The van der Waals surface area contributed by atoms with Gasteiger partial charge in [-0.1, -0.05) is 91.8 Å². The monoisotopic (exact) mass is 534 g/mol. The number of aromatic hydroxyl groups is 2. The van der Waals surface area contributed by atoms with Gasteiger partial charge >= 0.3 is 0 Å². The topological polar surface area (TPSA) is 65.2 Å². The molecule has 0 aliphatic heterocycles. The van der Waals surface area contributed by atoms with E-state index in [0.717, 1.165) is 57.2 Å². The summed E-state index contributed by atoms with van der Waals surface area (Å²) < 4.78 is 0. The van der Waals surface area contributed by atoms with Crippen LogP contribution in [0.3, 0.4) is 0 Å². The average molecular weight is 535 g/mol. The van der Waals surface area contributed by atoms with Crippen molar-refractivity contribution in [2.24, 2.45) is 9.98 Å². The van der Waals surface area contributed by atoms with Gasteiger partial charge in [-0.3, -0.25) is 9.98 Å². The molecule has 0 amide bonds. The Kier molecular flexibility index (Phi) is 8.20. The van der Waals surface area contributed by atoms with Crippen molar-refractivity contribution in [1.29, 1.82) is 0 Å². The predicted molar refractivity (Wildman–Crippen MR) is 171 cm³/mol. The highest BCUT2D eigenvalue weighted by Crippen LogP contribution is 2.38. The van der Waals surface area contributed by atoms with E-state index in [1.165, 1.54) is 0 Å². The third-order valence-corrected chi connectivity index (χ3v) is 7.38. The highest BCUT2D eigenvalue weighted by molar-refractivity contribution is 6.04. The van der Waals surface area contributed by atoms with E-state index in [2.05, 4.69) is 67.5 Å². The zero-order valence-electron chi connectivity index (χ0n) is 25.1. The zero-order chi connectivity index (χ0) is 29.2. The molecule has 208 valence electrons. The van der Waals surface area contributed by atoms with E-state index < -0.39 is 0 Å². The van der Waals surface area contributed by atoms with Gasteiger partial charge in [0.1, 0.15) is 11.5 Å². The summed E-state index contributed by atoms with van der Waals surface area (Å²) in [7, 11) is 0. The van der Waals surface area contributed by atoms with Crippen molar-refractivity contribution in [1.82, 2.24) is 0 Å². The van der Waals surface area contributed by atoms with Crippen molar-refractivity contribution in [2.45, 2.75) is 79.1 Å². The van der Waals surface area contributed by atoms with Crippen LogP contribution in [0.1, 0.15) is 88.8 Å². The predicted octanol–water partition coefficient (Wildman–Crippen LogP) is 9.47. The van der Waals surface area contributed by atoms with Crippen LogP contribution < -0.4 is 0 Å². The van der Waals surface area contributed by atoms with Gasteiger partial charge in [0.05, 0.1) is 11.4 Å². The first-order valence-corrected chi connectivity index (χ1v) is 14.2. The molecule has 2 N–H and O–H groups in total. The number of aryl methyl sites for hydroxylation is 2. The number of phenols is 2. The van der Waals surface area contributed by atoms with Crippen LogP contribution in [-0.4, -0.2) is 22.6 Å². The number of fused-ring (bicyclic) bond motifs is 1. The third kappa shape index (κ3) is 6.12. The number of hydrogen-bond donors (Lipinski definition) is 2. The average Bonchev–Trinajstić information content (AvgIpc) is 2.90.